The Kier molecular flexibility index (Phi) is 7.01. The number of carbonyl (C=O) groups excluding carboxylic acids is 2. The van der Waals surface area contributed by atoms with Gasteiger partial charge in [0.2, 0.25) is 11.8 Å². The lowest BCUT2D eigenvalue weighted by Gasteiger charge is -2.41. The Balaban J connectivity index is 1.72. The molecule has 3 aromatic carbocycles. The third kappa shape index (κ3) is 4.83. The second-order valence-corrected chi connectivity index (χ2v) is 8.05. The molecular weight excluding hydrogens is 432 g/mol. The molecule has 1 aliphatic rings. The van der Waals surface area contributed by atoms with Gasteiger partial charge < -0.3 is 24.4 Å². The van der Waals surface area contributed by atoms with E-state index in [4.69, 9.17) is 14.2 Å². The van der Waals surface area contributed by atoms with Gasteiger partial charge in [0.25, 0.3) is 0 Å². The maximum atomic E-state index is 13.5. The number of methoxy groups -OCH3 is 3. The Morgan fingerprint density at radius 3 is 2.09 bits per heavy atom. The van der Waals surface area contributed by atoms with Gasteiger partial charge in [-0.25, -0.2) is 0 Å². The zero-order chi connectivity index (χ0) is 24.1. The first kappa shape index (κ1) is 23.2. The third-order valence-electron chi connectivity index (χ3n) is 6.08. The average molecular weight is 461 g/mol. The van der Waals surface area contributed by atoms with Gasteiger partial charge in [0.1, 0.15) is 17.2 Å². The number of anilines is 2. The van der Waals surface area contributed by atoms with Crippen LogP contribution < -0.4 is 24.4 Å². The molecule has 0 radical (unpaired) electrons. The summed E-state index contributed by atoms with van der Waals surface area (Å²) in [6, 6.07) is 21.6. The molecule has 0 saturated carbocycles. The van der Waals surface area contributed by atoms with Crippen molar-refractivity contribution in [2.45, 2.75) is 18.9 Å². The fourth-order valence-corrected chi connectivity index (χ4v) is 4.33. The molecule has 0 unspecified atom stereocenters. The molecule has 3 aromatic rings. The monoisotopic (exact) mass is 460 g/mol. The van der Waals surface area contributed by atoms with E-state index in [0.29, 0.717) is 35.0 Å². The Labute approximate surface area is 199 Å². The topological polar surface area (TPSA) is 77.1 Å². The SMILES string of the molecule is COc1ccc([C@H]2[C@@H](C(=O)Nc3cccc(OC)c3)CCC(=O)N2c2ccc(OC)cc2)cc1. The van der Waals surface area contributed by atoms with Crippen molar-refractivity contribution in [1.82, 2.24) is 0 Å². The molecule has 0 spiro atoms. The van der Waals surface area contributed by atoms with Crippen LogP contribution in [0.5, 0.6) is 17.2 Å². The minimum absolute atomic E-state index is 0.0311. The standard InChI is InChI=1S/C27H28N2O5/c1-32-21-11-7-18(8-12-21)26-24(27(31)28-19-5-4-6-23(17-19)34-3)15-16-25(30)29(26)20-9-13-22(33-2)14-10-20/h4-14,17,24,26H,15-16H2,1-3H3,(H,28,31)/t24-,26-/m0/s1. The van der Waals surface area contributed by atoms with Crippen LogP contribution in [0.15, 0.2) is 72.8 Å². The molecule has 7 heteroatoms. The van der Waals surface area contributed by atoms with Gasteiger partial charge in [0.05, 0.1) is 33.3 Å². The lowest BCUT2D eigenvalue weighted by atomic mass is 9.83. The van der Waals surface area contributed by atoms with Gasteiger partial charge in [-0.05, 0) is 60.5 Å². The number of hydrogen-bond acceptors (Lipinski definition) is 5. The normalized spacial score (nSPS) is 17.7. The smallest absolute Gasteiger partial charge is 0.229 e. The van der Waals surface area contributed by atoms with Crippen molar-refractivity contribution in [3.05, 3.63) is 78.4 Å². The van der Waals surface area contributed by atoms with Crippen molar-refractivity contribution >= 4 is 23.2 Å². The van der Waals surface area contributed by atoms with E-state index in [-0.39, 0.29) is 18.2 Å². The molecule has 1 aliphatic heterocycles. The second-order valence-electron chi connectivity index (χ2n) is 8.05. The van der Waals surface area contributed by atoms with Crippen molar-refractivity contribution in [3.8, 4) is 17.2 Å². The number of nitrogens with one attached hydrogen (secondary N) is 1. The number of nitrogens with zero attached hydrogens (tertiary/aromatic N) is 1. The number of rotatable bonds is 7. The van der Waals surface area contributed by atoms with E-state index in [1.807, 2.05) is 66.7 Å². The summed E-state index contributed by atoms with van der Waals surface area (Å²) < 4.78 is 15.9. The summed E-state index contributed by atoms with van der Waals surface area (Å²) in [5.74, 6) is 1.42. The highest BCUT2D eigenvalue weighted by Crippen LogP contribution is 2.41. The summed E-state index contributed by atoms with van der Waals surface area (Å²) in [4.78, 5) is 28.4. The predicted molar refractivity (Wildman–Crippen MR) is 131 cm³/mol. The Morgan fingerprint density at radius 2 is 1.47 bits per heavy atom. The first-order chi connectivity index (χ1) is 16.5. The molecule has 0 aliphatic carbocycles. The number of hydrogen-bond donors (Lipinski definition) is 1. The number of piperidine rings is 1. The van der Waals surface area contributed by atoms with E-state index in [9.17, 15) is 9.59 Å². The van der Waals surface area contributed by atoms with Crippen molar-refractivity contribution in [3.63, 3.8) is 0 Å². The fourth-order valence-electron chi connectivity index (χ4n) is 4.33. The van der Waals surface area contributed by atoms with Crippen LogP contribution in [0.3, 0.4) is 0 Å². The van der Waals surface area contributed by atoms with Crippen LogP contribution in [-0.4, -0.2) is 33.1 Å². The van der Waals surface area contributed by atoms with Crippen LogP contribution in [0.25, 0.3) is 0 Å². The van der Waals surface area contributed by atoms with E-state index >= 15 is 0 Å². The molecule has 1 N–H and O–H groups in total. The Morgan fingerprint density at radius 1 is 0.853 bits per heavy atom. The van der Waals surface area contributed by atoms with Gasteiger partial charge in [-0.15, -0.1) is 0 Å². The predicted octanol–water partition coefficient (Wildman–Crippen LogP) is 4.84. The van der Waals surface area contributed by atoms with Crippen LogP contribution in [0.2, 0.25) is 0 Å². The van der Waals surface area contributed by atoms with Gasteiger partial charge >= 0.3 is 0 Å². The van der Waals surface area contributed by atoms with Gasteiger partial charge in [-0.2, -0.15) is 0 Å². The Hall–Kier alpha value is -4.00. The third-order valence-corrected chi connectivity index (χ3v) is 6.08. The molecule has 0 aromatic heterocycles. The fraction of sp³-hybridized carbons (Fsp3) is 0.259. The molecule has 1 saturated heterocycles. The summed E-state index contributed by atoms with van der Waals surface area (Å²) in [5.41, 5.74) is 2.21. The highest BCUT2D eigenvalue weighted by atomic mass is 16.5. The van der Waals surface area contributed by atoms with Crippen LogP contribution in [0.1, 0.15) is 24.4 Å². The molecule has 0 bridgehead atoms. The van der Waals surface area contributed by atoms with Gasteiger partial charge in [-0.3, -0.25) is 9.59 Å². The first-order valence-corrected chi connectivity index (χ1v) is 11.1. The summed E-state index contributed by atoms with van der Waals surface area (Å²) in [6.45, 7) is 0. The number of benzene rings is 3. The van der Waals surface area contributed by atoms with Crippen LogP contribution in [0.4, 0.5) is 11.4 Å². The molecule has 1 heterocycles. The van der Waals surface area contributed by atoms with E-state index in [1.165, 1.54) is 0 Å². The van der Waals surface area contributed by atoms with Gasteiger partial charge in [-0.1, -0.05) is 18.2 Å². The van der Waals surface area contributed by atoms with E-state index < -0.39 is 12.0 Å². The van der Waals surface area contributed by atoms with Crippen molar-refractivity contribution < 1.29 is 23.8 Å². The first-order valence-electron chi connectivity index (χ1n) is 11.1. The molecule has 176 valence electrons. The van der Waals surface area contributed by atoms with E-state index in [2.05, 4.69) is 5.32 Å². The number of ether oxygens (including phenoxy) is 3. The van der Waals surface area contributed by atoms with Gasteiger partial charge in [0, 0.05) is 23.9 Å². The minimum atomic E-state index is -0.480. The molecular formula is C27H28N2O5. The average Bonchev–Trinajstić information content (AvgIpc) is 2.88. The molecule has 4 rings (SSSR count). The molecule has 2 amide bonds. The molecule has 2 atom stereocenters. The lowest BCUT2D eigenvalue weighted by molar-refractivity contribution is -0.125. The van der Waals surface area contributed by atoms with Crippen LogP contribution in [0, 0.1) is 5.92 Å². The van der Waals surface area contributed by atoms with Crippen molar-refractivity contribution in [2.24, 2.45) is 5.92 Å². The van der Waals surface area contributed by atoms with Crippen LogP contribution >= 0.6 is 0 Å². The largest absolute Gasteiger partial charge is 0.497 e. The zero-order valence-electron chi connectivity index (χ0n) is 19.5. The van der Waals surface area contributed by atoms with E-state index in [1.54, 1.807) is 32.3 Å². The molecule has 34 heavy (non-hydrogen) atoms. The zero-order valence-corrected chi connectivity index (χ0v) is 19.5. The van der Waals surface area contributed by atoms with Crippen molar-refractivity contribution in [2.75, 3.05) is 31.5 Å². The minimum Gasteiger partial charge on any atom is -0.497 e. The number of amides is 2. The maximum absolute atomic E-state index is 13.5. The highest BCUT2D eigenvalue weighted by Gasteiger charge is 2.41. The maximum Gasteiger partial charge on any atom is 0.229 e. The van der Waals surface area contributed by atoms with Crippen molar-refractivity contribution in [1.29, 1.82) is 0 Å². The summed E-state index contributed by atoms with van der Waals surface area (Å²) in [5, 5.41) is 3.01. The molecule has 7 nitrogen and oxygen atoms in total. The lowest BCUT2D eigenvalue weighted by Crippen LogP contribution is -2.46. The van der Waals surface area contributed by atoms with Gasteiger partial charge in [0.15, 0.2) is 0 Å². The van der Waals surface area contributed by atoms with Crippen LogP contribution in [-0.2, 0) is 9.59 Å². The Bertz CT molecular complexity index is 1140. The van der Waals surface area contributed by atoms with E-state index in [0.717, 1.165) is 5.56 Å². The number of carbonyl (C=O) groups is 2. The highest BCUT2D eigenvalue weighted by molar-refractivity contribution is 6.00. The summed E-state index contributed by atoms with van der Waals surface area (Å²) in [7, 11) is 4.79. The quantitative estimate of drug-likeness (QED) is 0.546. The second kappa shape index (κ2) is 10.3. The molecule has 1 fully saturated rings. The summed E-state index contributed by atoms with van der Waals surface area (Å²) in [6.07, 6.45) is 0.715. The summed E-state index contributed by atoms with van der Waals surface area (Å²) >= 11 is 0.